The van der Waals surface area contributed by atoms with Crippen molar-refractivity contribution in [2.75, 3.05) is 13.2 Å². The molecule has 6 rings (SSSR count). The number of ether oxygens (including phenoxy) is 4. The van der Waals surface area contributed by atoms with E-state index >= 15 is 0 Å². The number of hydrazine groups is 1. The zero-order chi connectivity index (χ0) is 26.8. The van der Waals surface area contributed by atoms with E-state index in [0.717, 1.165) is 20.1 Å². The zero-order valence-corrected chi connectivity index (χ0v) is 24.8. The summed E-state index contributed by atoms with van der Waals surface area (Å²) in [7, 11) is 0. The van der Waals surface area contributed by atoms with Crippen LogP contribution in [0.25, 0.3) is 0 Å². The van der Waals surface area contributed by atoms with Gasteiger partial charge in [0.05, 0.1) is 12.7 Å². The summed E-state index contributed by atoms with van der Waals surface area (Å²) >= 11 is 38.0. The van der Waals surface area contributed by atoms with E-state index in [9.17, 15) is 9.59 Å². The molecule has 1 saturated carbocycles. The fraction of sp³-hybridized carbons (Fsp3) is 0.545. The van der Waals surface area contributed by atoms with Crippen molar-refractivity contribution < 1.29 is 28.5 Å². The summed E-state index contributed by atoms with van der Waals surface area (Å²) in [5, 5.41) is 2.23. The lowest BCUT2D eigenvalue weighted by Gasteiger charge is -2.50. The van der Waals surface area contributed by atoms with E-state index in [4.69, 9.17) is 88.6 Å². The van der Waals surface area contributed by atoms with E-state index in [2.05, 4.69) is 15.9 Å². The van der Waals surface area contributed by atoms with Crippen LogP contribution in [0.2, 0.25) is 0 Å². The summed E-state index contributed by atoms with van der Waals surface area (Å²) in [5.74, 6) is 0. The Morgan fingerprint density at radius 1 is 0.892 bits per heavy atom. The van der Waals surface area contributed by atoms with E-state index in [0.29, 0.717) is 19.4 Å². The molecule has 0 radical (unpaired) electrons. The molecule has 1 aromatic rings. The number of alkyl halides is 6. The van der Waals surface area contributed by atoms with Crippen molar-refractivity contribution >= 4 is 97.7 Å². The SMILES string of the molecule is O=C(OCC(Cl)(Cl)Cl)N1[C@@H]2C=C[C@@H](N1C(=O)OCC(Cl)(Cl)Cl)[C@@]13CC(OCc4ccc(Br)cc4)CC21O3. The van der Waals surface area contributed by atoms with Crippen LogP contribution in [0.15, 0.2) is 40.9 Å². The third-order valence-corrected chi connectivity index (χ3v) is 7.97. The molecule has 15 heteroatoms. The molecule has 1 aromatic carbocycles. The molecular formula is C22H19BrCl6N2O6. The van der Waals surface area contributed by atoms with Crippen LogP contribution >= 0.6 is 85.5 Å². The molecular weight excluding hydrogens is 681 g/mol. The second-order valence-corrected chi connectivity index (χ2v) is 15.1. The first-order valence-electron chi connectivity index (χ1n) is 11.0. The second-order valence-electron chi connectivity index (χ2n) is 9.15. The predicted octanol–water partition coefficient (Wildman–Crippen LogP) is 6.49. The molecule has 3 heterocycles. The molecule has 2 aliphatic carbocycles. The minimum Gasteiger partial charge on any atom is -0.444 e. The number of halogens is 7. The Hall–Kier alpha value is -0.360. The largest absolute Gasteiger partial charge is 0.444 e. The number of epoxide rings is 1. The first kappa shape index (κ1) is 28.2. The van der Waals surface area contributed by atoms with E-state index < -0.39 is 56.3 Å². The fourth-order valence-corrected chi connectivity index (χ4v) is 6.01. The van der Waals surface area contributed by atoms with Crippen LogP contribution in [0, 0.1) is 0 Å². The van der Waals surface area contributed by atoms with Gasteiger partial charge in [-0.2, -0.15) is 0 Å². The van der Waals surface area contributed by atoms with Gasteiger partial charge in [-0.15, -0.1) is 0 Å². The highest BCUT2D eigenvalue weighted by Crippen LogP contribution is 2.70. The maximum atomic E-state index is 13.2. The Morgan fingerprint density at radius 3 is 1.78 bits per heavy atom. The lowest BCUT2D eigenvalue weighted by Crippen LogP contribution is -2.71. The molecule has 5 aliphatic rings. The normalized spacial score (nSPS) is 31.7. The highest BCUT2D eigenvalue weighted by atomic mass is 79.9. The molecule has 2 bridgehead atoms. The molecule has 5 atom stereocenters. The number of hydrogen-bond acceptors (Lipinski definition) is 6. The van der Waals surface area contributed by atoms with Crippen LogP contribution in [0.1, 0.15) is 18.4 Å². The van der Waals surface area contributed by atoms with Crippen LogP contribution < -0.4 is 0 Å². The van der Waals surface area contributed by atoms with Gasteiger partial charge in [-0.1, -0.05) is 110 Å². The maximum absolute atomic E-state index is 13.2. The molecule has 2 unspecified atom stereocenters. The van der Waals surface area contributed by atoms with Gasteiger partial charge < -0.3 is 18.9 Å². The summed E-state index contributed by atoms with van der Waals surface area (Å²) in [6.45, 7) is -0.678. The topological polar surface area (TPSA) is 80.8 Å². The quantitative estimate of drug-likeness (QED) is 0.199. The van der Waals surface area contributed by atoms with Gasteiger partial charge in [0, 0.05) is 17.3 Å². The smallest absolute Gasteiger partial charge is 0.429 e. The standard InChI is InChI=1S/C22H19BrCl6N2O6/c23-13-3-1-12(2-4-13)9-34-14-7-19-15-5-6-16(20(19,8-14)37-19)31(18(33)36-11-22(27,28)29)30(15)17(32)35-10-21(24,25)26/h1-6,14-16H,7-11H2/t14?,15-,16-,19+,20?/m1/s1. The van der Waals surface area contributed by atoms with Crippen LogP contribution in [0.4, 0.5) is 9.59 Å². The molecule has 0 N–H and O–H groups in total. The van der Waals surface area contributed by atoms with Crippen LogP contribution in [0.3, 0.4) is 0 Å². The maximum Gasteiger partial charge on any atom is 0.429 e. The van der Waals surface area contributed by atoms with Crippen molar-refractivity contribution in [1.29, 1.82) is 0 Å². The molecule has 0 aromatic heterocycles. The summed E-state index contributed by atoms with van der Waals surface area (Å²) in [4.78, 5) is 26.4. The Bertz CT molecular complexity index is 1050. The van der Waals surface area contributed by atoms with Gasteiger partial charge in [-0.05, 0) is 17.7 Å². The number of carbonyl (C=O) groups excluding carboxylic acids is 2. The average Bonchev–Trinajstić information content (AvgIpc) is 3.38. The van der Waals surface area contributed by atoms with Crippen molar-refractivity contribution in [3.8, 4) is 0 Å². The molecule has 202 valence electrons. The Morgan fingerprint density at radius 2 is 1.35 bits per heavy atom. The average molecular weight is 700 g/mol. The monoisotopic (exact) mass is 696 g/mol. The van der Waals surface area contributed by atoms with Crippen molar-refractivity contribution in [2.24, 2.45) is 0 Å². The molecule has 8 nitrogen and oxygen atoms in total. The number of carbonyl (C=O) groups is 2. The second kappa shape index (κ2) is 9.93. The summed E-state index contributed by atoms with van der Waals surface area (Å²) in [6.07, 6.45) is 2.56. The number of fused-ring (bicyclic) bond motifs is 1. The molecule has 3 fully saturated rings. The van der Waals surface area contributed by atoms with Crippen LogP contribution in [-0.2, 0) is 25.6 Å². The first-order chi connectivity index (χ1) is 17.2. The number of rotatable bonds is 5. The predicted molar refractivity (Wildman–Crippen MR) is 142 cm³/mol. The lowest BCUT2D eigenvalue weighted by atomic mass is 9.76. The highest BCUT2D eigenvalue weighted by molar-refractivity contribution is 9.10. The van der Waals surface area contributed by atoms with E-state index in [1.165, 1.54) is 0 Å². The number of amides is 2. The number of hydrogen-bond donors (Lipinski definition) is 0. The van der Waals surface area contributed by atoms with Gasteiger partial charge in [-0.3, -0.25) is 0 Å². The Labute approximate surface area is 251 Å². The van der Waals surface area contributed by atoms with Crippen LogP contribution in [0.5, 0.6) is 0 Å². The van der Waals surface area contributed by atoms with Gasteiger partial charge >= 0.3 is 12.2 Å². The fourth-order valence-electron chi connectivity index (χ4n) is 5.42. The minimum atomic E-state index is -1.85. The van der Waals surface area contributed by atoms with Crippen molar-refractivity contribution in [3.63, 3.8) is 0 Å². The van der Waals surface area contributed by atoms with E-state index in [1.54, 1.807) is 12.2 Å². The summed E-state index contributed by atoms with van der Waals surface area (Å²) < 4.78 is 20.2. The third kappa shape index (κ3) is 5.37. The number of benzene rings is 1. The Balaban J connectivity index is 1.37. The lowest BCUT2D eigenvalue weighted by molar-refractivity contribution is -0.0881. The van der Waals surface area contributed by atoms with Gasteiger partial charge in [0.25, 0.3) is 0 Å². The van der Waals surface area contributed by atoms with Gasteiger partial charge in [0.2, 0.25) is 7.59 Å². The van der Waals surface area contributed by atoms with Gasteiger partial charge in [0.15, 0.2) is 0 Å². The van der Waals surface area contributed by atoms with Crippen molar-refractivity contribution in [2.45, 2.75) is 56.4 Å². The number of nitrogens with zero attached hydrogens (tertiary/aromatic N) is 2. The first-order valence-corrected chi connectivity index (χ1v) is 14.1. The summed E-state index contributed by atoms with van der Waals surface area (Å²) in [6, 6.07) is 6.41. The van der Waals surface area contributed by atoms with Crippen molar-refractivity contribution in [1.82, 2.24) is 10.0 Å². The Kier molecular flexibility index (Phi) is 7.56. The van der Waals surface area contributed by atoms with E-state index in [1.807, 2.05) is 24.3 Å². The molecule has 0 spiro atoms. The van der Waals surface area contributed by atoms with Gasteiger partial charge in [0.1, 0.15) is 36.5 Å². The summed E-state index contributed by atoms with van der Waals surface area (Å²) in [5.41, 5.74) is -0.540. The molecule has 3 aliphatic heterocycles. The minimum absolute atomic E-state index is 0.182. The van der Waals surface area contributed by atoms with Crippen LogP contribution in [-0.4, -0.2) is 72.4 Å². The molecule has 2 amide bonds. The zero-order valence-electron chi connectivity index (χ0n) is 18.7. The van der Waals surface area contributed by atoms with E-state index in [-0.39, 0.29) is 6.10 Å². The highest BCUT2D eigenvalue weighted by Gasteiger charge is 2.86. The van der Waals surface area contributed by atoms with Crippen molar-refractivity contribution in [3.05, 3.63) is 46.5 Å². The third-order valence-electron chi connectivity index (χ3n) is 6.78. The molecule has 37 heavy (non-hydrogen) atoms. The van der Waals surface area contributed by atoms with Gasteiger partial charge in [-0.25, -0.2) is 19.6 Å². The molecule has 2 saturated heterocycles.